The Kier molecular flexibility index (Phi) is 44.7. The average Bonchev–Trinajstić information content (AvgIpc) is 0.728. The Morgan fingerprint density at radius 3 is 0.695 bits per heavy atom. The van der Waals surface area contributed by atoms with Gasteiger partial charge >= 0.3 is 70.0 Å². The van der Waals surface area contributed by atoms with Crippen LogP contribution in [0.5, 0.6) is 0 Å². The minimum absolute atomic E-state index is 0.0377. The first-order valence-electron chi connectivity index (χ1n) is 33.8. The summed E-state index contributed by atoms with van der Waals surface area (Å²) in [7, 11) is 0. The summed E-state index contributed by atoms with van der Waals surface area (Å²) in [5, 5.41) is 35.8. The third kappa shape index (κ3) is 30.9. The Bertz CT molecular complexity index is 2640. The molecule has 0 aromatic carbocycles. The molecular weight excluding hydrogens is 1360 g/mol. The van der Waals surface area contributed by atoms with Gasteiger partial charge in [-0.15, -0.1) is 0 Å². The summed E-state index contributed by atoms with van der Waals surface area (Å²) < 4.78 is 190. The molecule has 2 aromatic heterocycles. The Morgan fingerprint density at radius 2 is 0.453 bits per heavy atom. The molecule has 0 aliphatic heterocycles. The summed E-state index contributed by atoms with van der Waals surface area (Å²) in [5.74, 6) is -25.3. The minimum Gasteiger partial charge on any atom is -0.396 e. The first-order valence-corrected chi connectivity index (χ1v) is 38.4. The third-order valence-corrected chi connectivity index (χ3v) is 20.5. The number of hydrogen-bond donors (Lipinski definition) is 4. The van der Waals surface area contributed by atoms with Crippen molar-refractivity contribution >= 4 is 47.0 Å². The first-order chi connectivity index (χ1) is 45.2. The number of nitrogens with zero attached hydrogens (tertiary/aromatic N) is 6. The van der Waals surface area contributed by atoms with Crippen molar-refractivity contribution in [1.29, 1.82) is 0 Å². The predicted molar refractivity (Wildman–Crippen MR) is 355 cm³/mol. The molecule has 0 aliphatic rings. The van der Waals surface area contributed by atoms with Crippen LogP contribution in [0.1, 0.15) is 205 Å². The fourth-order valence-electron chi connectivity index (χ4n) is 10.2. The van der Waals surface area contributed by atoms with Gasteiger partial charge in [-0.25, -0.2) is 60.9 Å². The van der Waals surface area contributed by atoms with Crippen LogP contribution < -0.4 is 34.1 Å². The van der Waals surface area contributed by atoms with Crippen LogP contribution in [0.4, 0.5) is 52.7 Å². The Hall–Kier alpha value is -2.82. The molecule has 33 heteroatoms. The third-order valence-electron chi connectivity index (χ3n) is 15.9. The molecule has 2 rings (SSSR count). The van der Waals surface area contributed by atoms with Crippen LogP contribution >= 0.6 is 47.0 Å². The maximum atomic E-state index is 15.9. The number of thioether (sulfide) groups is 4. The lowest BCUT2D eigenvalue weighted by atomic mass is 10.0. The number of aliphatic hydroxyl groups is 4. The molecule has 0 unspecified atom stereocenters. The molecule has 95 heavy (non-hydrogen) atoms. The van der Waals surface area contributed by atoms with Gasteiger partial charge in [-0.2, -0.15) is 99.7 Å². The van der Waals surface area contributed by atoms with E-state index >= 15 is 52.7 Å². The Labute approximate surface area is 565 Å². The van der Waals surface area contributed by atoms with E-state index in [4.69, 9.17) is 20.4 Å². The van der Waals surface area contributed by atoms with Gasteiger partial charge in [0.15, 0.2) is 0 Å². The van der Waals surface area contributed by atoms with Gasteiger partial charge in [0.05, 0.1) is 0 Å². The van der Waals surface area contributed by atoms with Gasteiger partial charge in [-0.1, -0.05) is 128 Å². The van der Waals surface area contributed by atoms with Crippen molar-refractivity contribution in [3.05, 3.63) is 62.9 Å². The van der Waals surface area contributed by atoms with Gasteiger partial charge in [0, 0.05) is 52.6 Å². The van der Waals surface area contributed by atoms with Crippen molar-refractivity contribution in [2.45, 2.75) is 281 Å². The molecule has 4 N–H and O–H groups in total. The lowest BCUT2D eigenvalue weighted by Crippen LogP contribution is -2.67. The zero-order chi connectivity index (χ0) is 70.8. The molecule has 0 radical (unpaired) electrons. The van der Waals surface area contributed by atoms with Gasteiger partial charge < -0.3 is 20.4 Å². The molecular formula is C62H104F12N6O11S4. The van der Waals surface area contributed by atoms with Gasteiger partial charge in [0.25, 0.3) is 0 Å². The maximum Gasteiger partial charge on any atom is 0.430 e. The fourth-order valence-corrected chi connectivity index (χ4v) is 14.0. The standard InChI is InChI=1S/C62H104F12N6O11S4/c63-57(64,49-79-53(87)75(33-29-45-92-41-25-17-9-1-5-13-21-37-81)51(85)76(54(79)88)34-30-46-93-42-26-18-10-2-6-14-22-38-82)59(67,68)60(69,70)62(73,74)91-61(71,72)58(65,66)50-80-55(89)77(35-31-47-94-43-27-19-11-3-7-15-23-39-83)52(86)78(56(80)90)36-32-48-95-44-28-20-12-4-8-16-24-40-84/h81-84H,1-50H2. The second-order valence-corrected chi connectivity index (χ2v) is 28.7. The fraction of sp³-hybridized carbons (Fsp3) is 0.903. The highest BCUT2D eigenvalue weighted by Crippen LogP contribution is 2.55. The summed E-state index contributed by atoms with van der Waals surface area (Å²) in [6, 6.07) is 0. The predicted octanol–water partition coefficient (Wildman–Crippen LogP) is 12.5. The number of alkyl halides is 12. The molecule has 0 amide bonds. The number of halogens is 12. The molecule has 0 atom stereocenters. The molecule has 2 aromatic rings. The molecule has 0 bridgehead atoms. The molecule has 0 fully saturated rings. The smallest absolute Gasteiger partial charge is 0.396 e. The average molecular weight is 1470 g/mol. The molecule has 0 aliphatic carbocycles. The second-order valence-electron chi connectivity index (χ2n) is 23.8. The molecule has 0 spiro atoms. The van der Waals surface area contributed by atoms with E-state index in [9.17, 15) is 28.8 Å². The number of aliphatic hydroxyl groups excluding tert-OH is 4. The Balaban J connectivity index is 2.44. The van der Waals surface area contributed by atoms with Crippen molar-refractivity contribution in [2.24, 2.45) is 0 Å². The monoisotopic (exact) mass is 1460 g/mol. The highest BCUT2D eigenvalue weighted by Gasteiger charge is 2.84. The van der Waals surface area contributed by atoms with Crippen molar-refractivity contribution in [3.8, 4) is 0 Å². The lowest BCUT2D eigenvalue weighted by molar-refractivity contribution is -0.497. The summed E-state index contributed by atoms with van der Waals surface area (Å²) in [6.07, 6.45) is 9.02. The van der Waals surface area contributed by atoms with Crippen LogP contribution in [-0.2, 0) is 44.0 Å². The number of ether oxygens (including phenoxy) is 1. The SMILES string of the molecule is O=c1n(CCCSCCCCCCCCCO)c(=O)n(CC(F)(F)C(F)(F)OC(F)(F)C(F)(F)C(F)(F)C(F)(F)Cn2c(=O)n(CCCSCCCCCCCCCO)c(=O)n(CCCSCCCCCCCCCO)c2=O)c(=O)n1CCCSCCCCCCCCCO. The highest BCUT2D eigenvalue weighted by atomic mass is 32.2. The van der Waals surface area contributed by atoms with Crippen LogP contribution in [0.3, 0.4) is 0 Å². The number of unbranched alkanes of at least 4 members (excludes halogenated alkanes) is 24. The van der Waals surface area contributed by atoms with Gasteiger partial charge in [-0.3, -0.25) is 0 Å². The topological polar surface area (TPSA) is 222 Å². The van der Waals surface area contributed by atoms with E-state index in [1.54, 1.807) is 0 Å². The molecule has 556 valence electrons. The lowest BCUT2D eigenvalue weighted by Gasteiger charge is -2.38. The summed E-state index contributed by atoms with van der Waals surface area (Å²) in [5.41, 5.74) is -10.8. The maximum absolute atomic E-state index is 15.9. The quantitative estimate of drug-likeness (QED) is 0.0357. The van der Waals surface area contributed by atoms with Crippen LogP contribution in [-0.4, -0.2) is 156 Å². The van der Waals surface area contributed by atoms with Crippen molar-refractivity contribution < 1.29 is 77.8 Å². The number of rotatable bonds is 62. The van der Waals surface area contributed by atoms with Crippen LogP contribution in [0.15, 0.2) is 28.8 Å². The van der Waals surface area contributed by atoms with E-state index in [0.717, 1.165) is 154 Å². The van der Waals surface area contributed by atoms with E-state index in [0.29, 0.717) is 48.7 Å². The van der Waals surface area contributed by atoms with Crippen molar-refractivity contribution in [1.82, 2.24) is 27.4 Å². The van der Waals surface area contributed by atoms with Crippen LogP contribution in [0, 0.1) is 0 Å². The number of hydrogen-bond acceptors (Lipinski definition) is 15. The van der Waals surface area contributed by atoms with Crippen molar-refractivity contribution in [3.63, 3.8) is 0 Å². The second kappa shape index (κ2) is 48.1. The van der Waals surface area contributed by atoms with E-state index in [-0.39, 0.29) is 93.4 Å². The van der Waals surface area contributed by atoms with E-state index in [1.165, 1.54) is 47.0 Å². The molecule has 0 saturated carbocycles. The van der Waals surface area contributed by atoms with E-state index in [1.807, 2.05) is 0 Å². The van der Waals surface area contributed by atoms with Gasteiger partial charge in [-0.05, 0) is 123 Å². The van der Waals surface area contributed by atoms with Gasteiger partial charge in [0.2, 0.25) is 0 Å². The van der Waals surface area contributed by atoms with Crippen LogP contribution in [0.2, 0.25) is 0 Å². The van der Waals surface area contributed by atoms with Crippen LogP contribution in [0.25, 0.3) is 0 Å². The largest absolute Gasteiger partial charge is 0.430 e. The molecule has 0 saturated heterocycles. The zero-order valence-corrected chi connectivity index (χ0v) is 58.1. The Morgan fingerprint density at radius 1 is 0.253 bits per heavy atom. The first kappa shape index (κ1) is 88.3. The van der Waals surface area contributed by atoms with E-state index < -0.39 is 118 Å². The normalized spacial score (nSPS) is 12.9. The van der Waals surface area contributed by atoms with Gasteiger partial charge in [0.1, 0.15) is 13.1 Å². The summed E-state index contributed by atoms with van der Waals surface area (Å²) in [6.45, 7) is -8.24. The molecule has 2 heterocycles. The highest BCUT2D eigenvalue weighted by molar-refractivity contribution is 7.99. The summed E-state index contributed by atoms with van der Waals surface area (Å²) >= 11 is 5.49. The molecule has 17 nitrogen and oxygen atoms in total. The minimum atomic E-state index is -7.91. The summed E-state index contributed by atoms with van der Waals surface area (Å²) in [4.78, 5) is 81.9. The zero-order valence-electron chi connectivity index (χ0n) is 54.9. The van der Waals surface area contributed by atoms with Crippen molar-refractivity contribution in [2.75, 3.05) is 72.5 Å². The number of aromatic nitrogens is 6. The van der Waals surface area contributed by atoms with E-state index in [2.05, 4.69) is 4.74 Å².